The Morgan fingerprint density at radius 3 is 2.76 bits per heavy atom. The van der Waals surface area contributed by atoms with E-state index in [2.05, 4.69) is 9.72 Å². The third-order valence-electron chi connectivity index (χ3n) is 5.17. The van der Waals surface area contributed by atoms with Crippen LogP contribution in [0.2, 0.25) is 0 Å². The standard InChI is InChI=1S/C20H27N3O6/c1-27-19(25)4-8-22-10-17(29-13-15-2-6-21-7-3-15)11-23(12-18(22)24)20(26)16-5-9-28-14-16/h2-3,6-7,16-17H,4-5,8-14H2,1H3. The predicted molar refractivity (Wildman–Crippen MR) is 102 cm³/mol. The summed E-state index contributed by atoms with van der Waals surface area (Å²) in [6, 6.07) is 3.71. The van der Waals surface area contributed by atoms with Crippen LogP contribution in [0.4, 0.5) is 0 Å². The molecule has 0 aromatic carbocycles. The molecule has 2 saturated heterocycles. The number of hydrogen-bond donors (Lipinski definition) is 0. The Kier molecular flexibility index (Phi) is 7.54. The van der Waals surface area contributed by atoms with Crippen LogP contribution in [-0.4, -0.2) is 85.2 Å². The molecule has 29 heavy (non-hydrogen) atoms. The molecule has 2 fully saturated rings. The second-order valence-electron chi connectivity index (χ2n) is 7.23. The van der Waals surface area contributed by atoms with Crippen LogP contribution in [0.25, 0.3) is 0 Å². The van der Waals surface area contributed by atoms with Crippen molar-refractivity contribution in [3.05, 3.63) is 30.1 Å². The van der Waals surface area contributed by atoms with Crippen LogP contribution >= 0.6 is 0 Å². The maximum atomic E-state index is 12.9. The number of nitrogens with zero attached hydrogens (tertiary/aromatic N) is 3. The summed E-state index contributed by atoms with van der Waals surface area (Å²) in [5.74, 6) is -0.878. The fraction of sp³-hybridized carbons (Fsp3) is 0.600. The van der Waals surface area contributed by atoms with Crippen LogP contribution in [0.5, 0.6) is 0 Å². The highest BCUT2D eigenvalue weighted by Crippen LogP contribution is 2.19. The lowest BCUT2D eigenvalue weighted by Gasteiger charge is -2.25. The number of hydrogen-bond acceptors (Lipinski definition) is 7. The number of amides is 2. The molecule has 3 rings (SSSR count). The quantitative estimate of drug-likeness (QED) is 0.599. The molecular formula is C20H27N3O6. The normalized spacial score (nSPS) is 22.4. The van der Waals surface area contributed by atoms with Crippen LogP contribution in [0, 0.1) is 5.92 Å². The number of aromatic nitrogens is 1. The van der Waals surface area contributed by atoms with Gasteiger partial charge in [0.25, 0.3) is 0 Å². The van der Waals surface area contributed by atoms with Gasteiger partial charge in [-0.25, -0.2) is 0 Å². The number of rotatable bonds is 7. The highest BCUT2D eigenvalue weighted by molar-refractivity contribution is 5.87. The van der Waals surface area contributed by atoms with Crippen LogP contribution in [0.3, 0.4) is 0 Å². The van der Waals surface area contributed by atoms with E-state index in [0.29, 0.717) is 39.3 Å². The Labute approximate surface area is 169 Å². The third-order valence-corrected chi connectivity index (χ3v) is 5.17. The van der Waals surface area contributed by atoms with Crippen LogP contribution in [-0.2, 0) is 35.2 Å². The molecule has 0 spiro atoms. The molecular weight excluding hydrogens is 378 g/mol. The maximum Gasteiger partial charge on any atom is 0.307 e. The van der Waals surface area contributed by atoms with Gasteiger partial charge in [-0.2, -0.15) is 0 Å². The number of esters is 1. The lowest BCUT2D eigenvalue weighted by Crippen LogP contribution is -2.43. The van der Waals surface area contributed by atoms with Crippen LogP contribution in [0.15, 0.2) is 24.5 Å². The molecule has 9 nitrogen and oxygen atoms in total. The lowest BCUT2D eigenvalue weighted by molar-refractivity contribution is -0.143. The van der Waals surface area contributed by atoms with Gasteiger partial charge < -0.3 is 24.0 Å². The fourth-order valence-corrected chi connectivity index (χ4v) is 3.48. The summed E-state index contributed by atoms with van der Waals surface area (Å²) < 4.78 is 16.0. The van der Waals surface area contributed by atoms with Gasteiger partial charge in [0.2, 0.25) is 11.8 Å². The minimum Gasteiger partial charge on any atom is -0.469 e. The van der Waals surface area contributed by atoms with E-state index < -0.39 is 0 Å². The van der Waals surface area contributed by atoms with Gasteiger partial charge in [0, 0.05) is 38.6 Å². The van der Waals surface area contributed by atoms with E-state index in [-0.39, 0.29) is 49.3 Å². The van der Waals surface area contributed by atoms with Crippen molar-refractivity contribution in [1.82, 2.24) is 14.8 Å². The average Bonchev–Trinajstić information content (AvgIpc) is 3.23. The SMILES string of the molecule is COC(=O)CCN1CC(OCc2ccncc2)CN(C(=O)C2CCOC2)CC1=O. The number of pyridine rings is 1. The summed E-state index contributed by atoms with van der Waals surface area (Å²) >= 11 is 0. The smallest absolute Gasteiger partial charge is 0.307 e. The van der Waals surface area contributed by atoms with Gasteiger partial charge in [-0.3, -0.25) is 19.4 Å². The van der Waals surface area contributed by atoms with Gasteiger partial charge in [0.05, 0.1) is 45.3 Å². The van der Waals surface area contributed by atoms with E-state index in [9.17, 15) is 14.4 Å². The summed E-state index contributed by atoms with van der Waals surface area (Å²) in [6.45, 7) is 2.14. The van der Waals surface area contributed by atoms with E-state index in [1.807, 2.05) is 12.1 Å². The predicted octanol–water partition coefficient (Wildman–Crippen LogP) is 0.237. The Balaban J connectivity index is 1.68. The topological polar surface area (TPSA) is 98.3 Å². The molecule has 2 atom stereocenters. The summed E-state index contributed by atoms with van der Waals surface area (Å²) in [4.78, 5) is 44.3. The zero-order chi connectivity index (χ0) is 20.6. The second-order valence-corrected chi connectivity index (χ2v) is 7.23. The third kappa shape index (κ3) is 5.98. The summed E-state index contributed by atoms with van der Waals surface area (Å²) in [7, 11) is 1.32. The molecule has 1 aromatic heterocycles. The summed E-state index contributed by atoms with van der Waals surface area (Å²) in [6.07, 6.45) is 3.78. The summed E-state index contributed by atoms with van der Waals surface area (Å²) in [5, 5.41) is 0. The van der Waals surface area contributed by atoms with E-state index in [4.69, 9.17) is 9.47 Å². The fourth-order valence-electron chi connectivity index (χ4n) is 3.48. The highest BCUT2D eigenvalue weighted by atomic mass is 16.5. The molecule has 0 bridgehead atoms. The molecule has 0 radical (unpaired) electrons. The zero-order valence-electron chi connectivity index (χ0n) is 16.6. The zero-order valence-corrected chi connectivity index (χ0v) is 16.6. The van der Waals surface area contributed by atoms with Crippen molar-refractivity contribution < 1.29 is 28.6 Å². The molecule has 2 unspecified atom stereocenters. The minimum atomic E-state index is -0.382. The molecule has 2 aliphatic heterocycles. The van der Waals surface area contributed by atoms with Crippen LogP contribution in [0.1, 0.15) is 18.4 Å². The Bertz CT molecular complexity index is 707. The molecule has 0 aliphatic carbocycles. The number of ether oxygens (including phenoxy) is 3. The Morgan fingerprint density at radius 2 is 2.07 bits per heavy atom. The second kappa shape index (κ2) is 10.3. The van der Waals surface area contributed by atoms with Gasteiger partial charge in [0.1, 0.15) is 0 Å². The first-order chi connectivity index (χ1) is 14.1. The Hall–Kier alpha value is -2.52. The first-order valence-electron chi connectivity index (χ1n) is 9.78. The number of carbonyl (C=O) groups excluding carboxylic acids is 3. The molecule has 3 heterocycles. The first-order valence-corrected chi connectivity index (χ1v) is 9.78. The maximum absolute atomic E-state index is 12.9. The Morgan fingerprint density at radius 1 is 1.28 bits per heavy atom. The van der Waals surface area contributed by atoms with Gasteiger partial charge in [-0.15, -0.1) is 0 Å². The number of methoxy groups -OCH3 is 1. The molecule has 1 aromatic rings. The van der Waals surface area contributed by atoms with Gasteiger partial charge >= 0.3 is 5.97 Å². The molecule has 0 N–H and O–H groups in total. The van der Waals surface area contributed by atoms with E-state index >= 15 is 0 Å². The molecule has 2 amide bonds. The van der Waals surface area contributed by atoms with Gasteiger partial charge in [0.15, 0.2) is 0 Å². The lowest BCUT2D eigenvalue weighted by atomic mass is 10.1. The molecule has 158 valence electrons. The van der Waals surface area contributed by atoms with Crippen LogP contribution < -0.4 is 0 Å². The minimum absolute atomic E-state index is 0.0222. The van der Waals surface area contributed by atoms with E-state index in [1.54, 1.807) is 22.2 Å². The van der Waals surface area contributed by atoms with Crippen molar-refractivity contribution in [2.45, 2.75) is 25.6 Å². The van der Waals surface area contributed by atoms with Gasteiger partial charge in [-0.05, 0) is 24.1 Å². The summed E-state index contributed by atoms with van der Waals surface area (Å²) in [5.41, 5.74) is 0.957. The first kappa shape index (κ1) is 21.2. The molecule has 0 saturated carbocycles. The number of carbonyl (C=O) groups is 3. The van der Waals surface area contributed by atoms with Gasteiger partial charge in [-0.1, -0.05) is 0 Å². The van der Waals surface area contributed by atoms with Crippen molar-refractivity contribution in [1.29, 1.82) is 0 Å². The molecule has 2 aliphatic rings. The van der Waals surface area contributed by atoms with E-state index in [0.717, 1.165) is 5.56 Å². The van der Waals surface area contributed by atoms with Crippen molar-refractivity contribution in [3.63, 3.8) is 0 Å². The van der Waals surface area contributed by atoms with E-state index in [1.165, 1.54) is 7.11 Å². The highest BCUT2D eigenvalue weighted by Gasteiger charge is 2.35. The van der Waals surface area contributed by atoms with Crippen molar-refractivity contribution in [3.8, 4) is 0 Å². The molecule has 9 heteroatoms. The monoisotopic (exact) mass is 405 g/mol. The largest absolute Gasteiger partial charge is 0.469 e. The average molecular weight is 405 g/mol. The van der Waals surface area contributed by atoms with Crippen molar-refractivity contribution >= 4 is 17.8 Å². The van der Waals surface area contributed by atoms with Crippen molar-refractivity contribution in [2.24, 2.45) is 5.92 Å². The van der Waals surface area contributed by atoms with Crippen molar-refractivity contribution in [2.75, 3.05) is 46.5 Å².